The van der Waals surface area contributed by atoms with Crippen LogP contribution in [-0.2, 0) is 4.79 Å². The van der Waals surface area contributed by atoms with E-state index in [2.05, 4.69) is 0 Å². The second kappa shape index (κ2) is 3.94. The van der Waals surface area contributed by atoms with Gasteiger partial charge >= 0.3 is 0 Å². The molecule has 2 atom stereocenters. The molecule has 0 radical (unpaired) electrons. The van der Waals surface area contributed by atoms with Crippen molar-refractivity contribution in [2.24, 2.45) is 5.92 Å². The quantitative estimate of drug-likeness (QED) is 0.691. The van der Waals surface area contributed by atoms with Crippen molar-refractivity contribution in [1.29, 1.82) is 0 Å². The Labute approximate surface area is 91.3 Å². The number of para-hydroxylation sites is 1. The molecule has 0 aliphatic carbocycles. The average molecular weight is 221 g/mol. The van der Waals surface area contributed by atoms with Gasteiger partial charge in [0.05, 0.1) is 17.5 Å². The summed E-state index contributed by atoms with van der Waals surface area (Å²) in [6.45, 7) is -0.148. The Morgan fingerprint density at radius 3 is 2.88 bits per heavy atom. The molecule has 2 rings (SSSR count). The lowest BCUT2D eigenvalue weighted by Gasteiger charge is -2.27. The summed E-state index contributed by atoms with van der Waals surface area (Å²) in [5, 5.41) is 19.8. The summed E-state index contributed by atoms with van der Waals surface area (Å²) in [7, 11) is 0. The maximum atomic E-state index is 11.8. The molecule has 0 spiro atoms. The van der Waals surface area contributed by atoms with Crippen LogP contribution in [-0.4, -0.2) is 29.6 Å². The van der Waals surface area contributed by atoms with E-state index in [4.69, 9.17) is 4.74 Å². The van der Waals surface area contributed by atoms with Crippen LogP contribution in [0, 0.1) is 5.92 Å². The molecule has 0 amide bonds. The van der Waals surface area contributed by atoms with Crippen LogP contribution in [0.15, 0.2) is 24.3 Å². The van der Waals surface area contributed by atoms with Gasteiger partial charge in [0.25, 0.3) is 0 Å². The number of carbonyl (C=O) groups is 2. The minimum atomic E-state index is -1.83. The van der Waals surface area contributed by atoms with Gasteiger partial charge in [-0.05, 0) is 12.1 Å². The van der Waals surface area contributed by atoms with Crippen LogP contribution in [0.25, 0.3) is 0 Å². The van der Waals surface area contributed by atoms with E-state index >= 15 is 0 Å². The summed E-state index contributed by atoms with van der Waals surface area (Å²) in [5.41, 5.74) is 0.291. The van der Waals surface area contributed by atoms with E-state index in [0.717, 1.165) is 0 Å². The highest BCUT2D eigenvalue weighted by molar-refractivity contribution is 6.03. The molecular weight excluding hydrogens is 212 g/mol. The van der Waals surface area contributed by atoms with E-state index in [0.29, 0.717) is 11.3 Å². The lowest BCUT2D eigenvalue weighted by Crippen LogP contribution is -2.47. The number of hydrogen-bond donors (Lipinski definition) is 1. The summed E-state index contributed by atoms with van der Waals surface area (Å²) >= 11 is 0. The van der Waals surface area contributed by atoms with Crippen molar-refractivity contribution in [2.75, 3.05) is 6.61 Å². The third-order valence-corrected chi connectivity index (χ3v) is 2.53. The zero-order chi connectivity index (χ0) is 11.7. The van der Waals surface area contributed by atoms with E-state index in [-0.39, 0.29) is 6.61 Å². The number of benzene rings is 1. The molecule has 0 saturated heterocycles. The maximum Gasteiger partial charge on any atom is 0.176 e. The normalized spacial score (nSPS) is 20.8. The molecule has 1 aliphatic heterocycles. The molecule has 84 valence electrons. The highest BCUT2D eigenvalue weighted by Gasteiger charge is 2.34. The fraction of sp³-hybridized carbons (Fsp3) is 0.273. The Bertz CT molecular complexity index is 440. The van der Waals surface area contributed by atoms with Crippen LogP contribution in [0.1, 0.15) is 10.4 Å². The Kier molecular flexibility index (Phi) is 2.62. The van der Waals surface area contributed by atoms with Gasteiger partial charge in [0, 0.05) is 0 Å². The van der Waals surface area contributed by atoms with Crippen molar-refractivity contribution in [3.63, 3.8) is 0 Å². The summed E-state index contributed by atoms with van der Waals surface area (Å²) < 4.78 is 5.21. The highest BCUT2D eigenvalue weighted by atomic mass is 16.5. The molecule has 2 unspecified atom stereocenters. The van der Waals surface area contributed by atoms with Gasteiger partial charge in [-0.15, -0.1) is 0 Å². The van der Waals surface area contributed by atoms with E-state index in [9.17, 15) is 19.8 Å². The molecule has 0 aromatic heterocycles. The third-order valence-electron chi connectivity index (χ3n) is 2.53. The first-order valence-corrected chi connectivity index (χ1v) is 4.76. The van der Waals surface area contributed by atoms with Gasteiger partial charge < -0.3 is 19.7 Å². The smallest absolute Gasteiger partial charge is 0.176 e. The van der Waals surface area contributed by atoms with Gasteiger partial charge in [-0.3, -0.25) is 4.79 Å². The highest BCUT2D eigenvalue weighted by Crippen LogP contribution is 2.28. The van der Waals surface area contributed by atoms with Crippen LogP contribution in [0.5, 0.6) is 5.75 Å². The van der Waals surface area contributed by atoms with Gasteiger partial charge in [0.15, 0.2) is 5.78 Å². The number of ether oxygens (including phenoxy) is 1. The number of rotatable bonds is 2. The Morgan fingerprint density at radius 1 is 1.50 bits per heavy atom. The van der Waals surface area contributed by atoms with Crippen molar-refractivity contribution >= 4 is 11.8 Å². The van der Waals surface area contributed by atoms with Crippen molar-refractivity contribution in [1.82, 2.24) is 0 Å². The zero-order valence-electron chi connectivity index (χ0n) is 8.25. The van der Waals surface area contributed by atoms with Crippen LogP contribution in [0.2, 0.25) is 0 Å². The maximum absolute atomic E-state index is 11.8. The first-order chi connectivity index (χ1) is 7.61. The first kappa shape index (κ1) is 10.6. The SMILES string of the molecule is O=C([O-])C(O)C1COc2ccccc2C1=O. The van der Waals surface area contributed by atoms with Gasteiger partial charge in [-0.25, -0.2) is 0 Å². The summed E-state index contributed by atoms with van der Waals surface area (Å²) in [5.74, 6) is -2.78. The summed E-state index contributed by atoms with van der Waals surface area (Å²) in [4.78, 5) is 22.3. The molecule has 0 saturated carbocycles. The number of aliphatic carboxylic acids is 1. The Morgan fingerprint density at radius 2 is 2.19 bits per heavy atom. The fourth-order valence-electron chi connectivity index (χ4n) is 1.65. The van der Waals surface area contributed by atoms with E-state index < -0.39 is 23.8 Å². The standard InChI is InChI=1S/C11H10O5/c12-9-6-3-1-2-4-8(6)16-5-7(9)10(13)11(14)15/h1-4,7,10,13H,5H2,(H,14,15)/p-1. The monoisotopic (exact) mass is 221 g/mol. The second-order valence-corrected chi connectivity index (χ2v) is 3.54. The minimum Gasteiger partial charge on any atom is -0.547 e. The van der Waals surface area contributed by atoms with Crippen LogP contribution >= 0.6 is 0 Å². The molecule has 0 fully saturated rings. The topological polar surface area (TPSA) is 86.7 Å². The van der Waals surface area contributed by atoms with Gasteiger partial charge in [-0.1, -0.05) is 12.1 Å². The molecule has 5 heteroatoms. The minimum absolute atomic E-state index is 0.148. The molecule has 0 bridgehead atoms. The number of carboxylic acids is 1. The molecular formula is C11H9O5-. The molecule has 1 aliphatic rings. The van der Waals surface area contributed by atoms with E-state index in [1.54, 1.807) is 18.2 Å². The Balaban J connectivity index is 2.31. The fourth-order valence-corrected chi connectivity index (χ4v) is 1.65. The number of aliphatic hydroxyl groups excluding tert-OH is 1. The molecule has 1 aromatic carbocycles. The van der Waals surface area contributed by atoms with Crippen LogP contribution in [0.4, 0.5) is 0 Å². The molecule has 5 nitrogen and oxygen atoms in total. The van der Waals surface area contributed by atoms with E-state index in [1.165, 1.54) is 6.07 Å². The number of Topliss-reactive ketones (excluding diaryl/α,β-unsaturated/α-hetero) is 1. The first-order valence-electron chi connectivity index (χ1n) is 4.76. The van der Waals surface area contributed by atoms with Crippen molar-refractivity contribution in [3.8, 4) is 5.75 Å². The van der Waals surface area contributed by atoms with Gasteiger partial charge in [0.1, 0.15) is 18.5 Å². The third kappa shape index (κ3) is 1.65. The zero-order valence-corrected chi connectivity index (χ0v) is 8.25. The van der Waals surface area contributed by atoms with Crippen LogP contribution < -0.4 is 9.84 Å². The average Bonchev–Trinajstić information content (AvgIpc) is 2.29. The number of hydrogen-bond acceptors (Lipinski definition) is 5. The molecule has 1 heterocycles. The predicted molar refractivity (Wildman–Crippen MR) is 50.8 cm³/mol. The number of carbonyl (C=O) groups excluding carboxylic acids is 2. The molecule has 1 aromatic rings. The molecule has 1 N–H and O–H groups in total. The number of aliphatic hydroxyl groups is 1. The van der Waals surface area contributed by atoms with Crippen molar-refractivity contribution in [2.45, 2.75) is 6.10 Å². The summed E-state index contributed by atoms with van der Waals surface area (Å²) in [6, 6.07) is 6.51. The second-order valence-electron chi connectivity index (χ2n) is 3.54. The largest absolute Gasteiger partial charge is 0.547 e. The Hall–Kier alpha value is -1.88. The lowest BCUT2D eigenvalue weighted by atomic mass is 9.90. The van der Waals surface area contributed by atoms with Crippen LogP contribution in [0.3, 0.4) is 0 Å². The van der Waals surface area contributed by atoms with Gasteiger partial charge in [0.2, 0.25) is 0 Å². The van der Waals surface area contributed by atoms with Gasteiger partial charge in [-0.2, -0.15) is 0 Å². The predicted octanol–water partition coefficient (Wildman–Crippen LogP) is -1.01. The van der Waals surface area contributed by atoms with Crippen molar-refractivity contribution in [3.05, 3.63) is 29.8 Å². The number of ketones is 1. The molecule has 16 heavy (non-hydrogen) atoms. The van der Waals surface area contributed by atoms with E-state index in [1.807, 2.05) is 0 Å². The summed E-state index contributed by atoms with van der Waals surface area (Å²) in [6.07, 6.45) is -1.83. The number of carboxylic acid groups (broad SMARTS) is 1. The van der Waals surface area contributed by atoms with Crippen molar-refractivity contribution < 1.29 is 24.5 Å². The lowest BCUT2D eigenvalue weighted by molar-refractivity contribution is -0.316. The number of fused-ring (bicyclic) bond motifs is 1.